The van der Waals surface area contributed by atoms with E-state index in [1.807, 2.05) is 60.7 Å². The van der Waals surface area contributed by atoms with Crippen LogP contribution in [0.15, 0.2) is 60.7 Å². The second-order valence-electron chi connectivity index (χ2n) is 5.52. The van der Waals surface area contributed by atoms with Crippen LogP contribution in [-0.4, -0.2) is 29.3 Å². The molecular formula is C19H21NO5. The van der Waals surface area contributed by atoms with E-state index in [4.69, 9.17) is 9.47 Å². The minimum atomic E-state index is -1.20. The number of hydrogen-bond donors (Lipinski definition) is 2. The van der Waals surface area contributed by atoms with Crippen LogP contribution in [0, 0.1) is 0 Å². The van der Waals surface area contributed by atoms with E-state index >= 15 is 0 Å². The first kappa shape index (κ1) is 18.5. The topological polar surface area (TPSA) is 84.9 Å². The molecule has 0 fully saturated rings. The van der Waals surface area contributed by atoms with Gasteiger partial charge in [0.05, 0.1) is 6.10 Å². The zero-order valence-electron chi connectivity index (χ0n) is 13.9. The molecule has 132 valence electrons. The van der Waals surface area contributed by atoms with Crippen LogP contribution < -0.4 is 5.32 Å². The predicted molar refractivity (Wildman–Crippen MR) is 91.5 cm³/mol. The summed E-state index contributed by atoms with van der Waals surface area (Å²) in [6, 6.07) is 17.1. The molecule has 25 heavy (non-hydrogen) atoms. The highest BCUT2D eigenvalue weighted by Gasteiger charge is 2.27. The van der Waals surface area contributed by atoms with Crippen LogP contribution in [0.4, 0.5) is 4.79 Å². The monoisotopic (exact) mass is 343 g/mol. The zero-order valence-corrected chi connectivity index (χ0v) is 13.9. The standard InChI is InChI=1S/C19H21NO5/c1-14(21)17(18(22)24-12-15-8-4-2-5-9-15)20-19(23)25-13-16-10-6-3-7-11-16/h2-11,14,17,21H,12-13H2,1H3,(H,20,23)/t14-,17-/m0/s1. The number of carbonyl (C=O) groups excluding carboxylic acids is 2. The molecule has 0 spiro atoms. The Labute approximate surface area is 146 Å². The molecule has 6 heteroatoms. The van der Waals surface area contributed by atoms with Crippen LogP contribution in [0.3, 0.4) is 0 Å². The molecule has 0 aliphatic carbocycles. The molecule has 0 aromatic heterocycles. The van der Waals surface area contributed by atoms with Crippen molar-refractivity contribution in [2.24, 2.45) is 0 Å². The molecule has 0 aliphatic heterocycles. The smallest absolute Gasteiger partial charge is 0.408 e. The Hall–Kier alpha value is -2.86. The fraction of sp³-hybridized carbons (Fsp3) is 0.263. The minimum Gasteiger partial charge on any atom is -0.459 e. The largest absolute Gasteiger partial charge is 0.459 e. The van der Waals surface area contributed by atoms with Gasteiger partial charge in [0.2, 0.25) is 0 Å². The van der Waals surface area contributed by atoms with E-state index in [9.17, 15) is 14.7 Å². The zero-order chi connectivity index (χ0) is 18.1. The summed E-state index contributed by atoms with van der Waals surface area (Å²) < 4.78 is 10.2. The molecule has 0 radical (unpaired) electrons. The maximum Gasteiger partial charge on any atom is 0.408 e. The maximum absolute atomic E-state index is 12.1. The summed E-state index contributed by atoms with van der Waals surface area (Å²) >= 11 is 0. The summed E-state index contributed by atoms with van der Waals surface area (Å²) in [6.45, 7) is 1.52. The summed E-state index contributed by atoms with van der Waals surface area (Å²) in [6.07, 6.45) is -1.92. The van der Waals surface area contributed by atoms with Gasteiger partial charge in [-0.05, 0) is 18.1 Å². The van der Waals surface area contributed by atoms with Crippen molar-refractivity contribution in [3.63, 3.8) is 0 Å². The normalized spacial score (nSPS) is 12.7. The molecule has 0 aliphatic rings. The summed E-state index contributed by atoms with van der Waals surface area (Å²) in [5.41, 5.74) is 1.63. The molecule has 6 nitrogen and oxygen atoms in total. The van der Waals surface area contributed by atoms with Crippen LogP contribution >= 0.6 is 0 Å². The first-order valence-electron chi connectivity index (χ1n) is 7.92. The quantitative estimate of drug-likeness (QED) is 0.754. The van der Waals surface area contributed by atoms with Gasteiger partial charge in [-0.2, -0.15) is 0 Å². The number of nitrogens with one attached hydrogen (secondary N) is 1. The number of alkyl carbamates (subject to hydrolysis) is 1. The van der Waals surface area contributed by atoms with Gasteiger partial charge in [-0.25, -0.2) is 9.59 Å². The minimum absolute atomic E-state index is 0.0592. The van der Waals surface area contributed by atoms with Crippen LogP contribution in [0.5, 0.6) is 0 Å². The van der Waals surface area contributed by atoms with E-state index in [0.717, 1.165) is 11.1 Å². The summed E-state index contributed by atoms with van der Waals surface area (Å²) in [5.74, 6) is -0.726. The van der Waals surface area contributed by atoms with Crippen molar-refractivity contribution < 1.29 is 24.2 Å². The predicted octanol–water partition coefficient (Wildman–Crippen LogP) is 2.41. The van der Waals surface area contributed by atoms with E-state index in [2.05, 4.69) is 5.32 Å². The van der Waals surface area contributed by atoms with Crippen molar-refractivity contribution >= 4 is 12.1 Å². The number of hydrogen-bond acceptors (Lipinski definition) is 5. The van der Waals surface area contributed by atoms with E-state index in [1.165, 1.54) is 6.92 Å². The van der Waals surface area contributed by atoms with Crippen molar-refractivity contribution in [1.82, 2.24) is 5.32 Å². The third-order valence-electron chi connectivity index (χ3n) is 3.45. The van der Waals surface area contributed by atoms with Gasteiger partial charge in [-0.3, -0.25) is 0 Å². The summed E-state index contributed by atoms with van der Waals surface area (Å²) in [4.78, 5) is 24.0. The molecule has 2 rings (SSSR count). The van der Waals surface area contributed by atoms with Crippen LogP contribution in [0.25, 0.3) is 0 Å². The molecule has 0 unspecified atom stereocenters. The highest BCUT2D eigenvalue weighted by molar-refractivity contribution is 5.81. The Morgan fingerprint density at radius 2 is 1.40 bits per heavy atom. The van der Waals surface area contributed by atoms with Crippen molar-refractivity contribution in [1.29, 1.82) is 0 Å². The van der Waals surface area contributed by atoms with E-state index in [0.29, 0.717) is 0 Å². The van der Waals surface area contributed by atoms with E-state index in [-0.39, 0.29) is 13.2 Å². The van der Waals surface area contributed by atoms with Gasteiger partial charge in [-0.1, -0.05) is 60.7 Å². The number of ether oxygens (including phenoxy) is 2. The first-order chi connectivity index (χ1) is 12.1. The third kappa shape index (κ3) is 6.27. The Morgan fingerprint density at radius 1 is 0.920 bits per heavy atom. The average Bonchev–Trinajstić information content (AvgIpc) is 2.64. The molecule has 2 aromatic rings. The number of esters is 1. The average molecular weight is 343 g/mol. The second-order valence-corrected chi connectivity index (χ2v) is 5.52. The third-order valence-corrected chi connectivity index (χ3v) is 3.45. The van der Waals surface area contributed by atoms with Crippen molar-refractivity contribution in [3.05, 3.63) is 71.8 Å². The highest BCUT2D eigenvalue weighted by atomic mass is 16.6. The molecule has 1 amide bonds. The lowest BCUT2D eigenvalue weighted by Gasteiger charge is -2.19. The molecule has 2 atom stereocenters. The van der Waals surface area contributed by atoms with Crippen LogP contribution in [0.2, 0.25) is 0 Å². The number of carbonyl (C=O) groups is 2. The molecule has 0 heterocycles. The Morgan fingerprint density at radius 3 is 1.88 bits per heavy atom. The van der Waals surface area contributed by atoms with Crippen molar-refractivity contribution in [3.8, 4) is 0 Å². The molecular weight excluding hydrogens is 322 g/mol. The molecule has 2 N–H and O–H groups in total. The van der Waals surface area contributed by atoms with Gasteiger partial charge in [-0.15, -0.1) is 0 Å². The van der Waals surface area contributed by atoms with Gasteiger partial charge >= 0.3 is 12.1 Å². The fourth-order valence-corrected chi connectivity index (χ4v) is 2.09. The Kier molecular flexibility index (Phi) is 6.98. The van der Waals surface area contributed by atoms with Gasteiger partial charge in [0.25, 0.3) is 0 Å². The Balaban J connectivity index is 1.84. The lowest BCUT2D eigenvalue weighted by atomic mass is 10.2. The van der Waals surface area contributed by atoms with E-state index in [1.54, 1.807) is 0 Å². The van der Waals surface area contributed by atoms with Crippen molar-refractivity contribution in [2.45, 2.75) is 32.3 Å². The summed E-state index contributed by atoms with van der Waals surface area (Å²) in [7, 11) is 0. The van der Waals surface area contributed by atoms with Gasteiger partial charge in [0.15, 0.2) is 6.04 Å². The fourth-order valence-electron chi connectivity index (χ4n) is 2.09. The molecule has 0 saturated heterocycles. The highest BCUT2D eigenvalue weighted by Crippen LogP contribution is 2.05. The van der Waals surface area contributed by atoms with Gasteiger partial charge < -0.3 is 19.9 Å². The molecule has 0 saturated carbocycles. The first-order valence-corrected chi connectivity index (χ1v) is 7.92. The van der Waals surface area contributed by atoms with Gasteiger partial charge in [0, 0.05) is 0 Å². The summed E-state index contributed by atoms with van der Waals surface area (Å²) in [5, 5.41) is 12.1. The van der Waals surface area contributed by atoms with Crippen LogP contribution in [0.1, 0.15) is 18.1 Å². The van der Waals surface area contributed by atoms with E-state index < -0.39 is 24.2 Å². The molecule has 0 bridgehead atoms. The number of amides is 1. The lowest BCUT2D eigenvalue weighted by molar-refractivity contribution is -0.150. The number of aliphatic hydroxyl groups excluding tert-OH is 1. The number of rotatable bonds is 7. The molecule has 2 aromatic carbocycles. The second kappa shape index (κ2) is 9.44. The lowest BCUT2D eigenvalue weighted by Crippen LogP contribution is -2.48. The number of aliphatic hydroxyl groups is 1. The Bertz CT molecular complexity index is 673. The number of benzene rings is 2. The van der Waals surface area contributed by atoms with Crippen LogP contribution in [-0.2, 0) is 27.5 Å². The van der Waals surface area contributed by atoms with Gasteiger partial charge in [0.1, 0.15) is 13.2 Å². The maximum atomic E-state index is 12.1. The van der Waals surface area contributed by atoms with Crippen molar-refractivity contribution in [2.75, 3.05) is 0 Å². The SMILES string of the molecule is C[C@H](O)[C@H](NC(=O)OCc1ccccc1)C(=O)OCc1ccccc1.